The minimum atomic E-state index is -0.412. The number of hydrogen-bond donors (Lipinski definition) is 0. The number of unbranched alkanes of at least 4 members (excludes halogenated alkanes) is 12. The lowest BCUT2D eigenvalue weighted by Gasteiger charge is -2.49. The molecule has 0 heterocycles. The molecule has 0 aromatic heterocycles. The Labute approximate surface area is 191 Å². The summed E-state index contributed by atoms with van der Waals surface area (Å²) in [6.45, 7) is 9.25. The molecule has 0 aliphatic carbocycles. The standard InChI is InChI=1S/C28H58O2/c1-7-11-13-15-17-18-20-22-26-28(29-5,30-6)27(23-9-3,24-10-4)25-21-19-16-14-12-8-2/h7-26H2,1-6H3. The maximum absolute atomic E-state index is 6.29. The molecule has 182 valence electrons. The lowest BCUT2D eigenvalue weighted by Crippen LogP contribution is -2.51. The first-order valence-corrected chi connectivity index (χ1v) is 13.7. The Bertz CT molecular complexity index is 343. The quantitative estimate of drug-likeness (QED) is 0.119. The van der Waals surface area contributed by atoms with Crippen LogP contribution in [0.25, 0.3) is 0 Å². The normalized spacial score (nSPS) is 12.6. The third kappa shape index (κ3) is 11.0. The molecule has 2 nitrogen and oxygen atoms in total. The average molecular weight is 427 g/mol. The Balaban J connectivity index is 4.91. The molecule has 0 radical (unpaired) electrons. The predicted octanol–water partition coefficient (Wildman–Crippen LogP) is 9.84. The second-order valence-electron chi connectivity index (χ2n) is 9.68. The zero-order valence-corrected chi connectivity index (χ0v) is 22.0. The zero-order valence-electron chi connectivity index (χ0n) is 22.0. The van der Waals surface area contributed by atoms with Gasteiger partial charge in [-0.05, 0) is 25.7 Å². The third-order valence-electron chi connectivity index (χ3n) is 7.29. The molecule has 0 amide bonds. The van der Waals surface area contributed by atoms with Crippen LogP contribution in [-0.4, -0.2) is 20.0 Å². The molecule has 0 bridgehead atoms. The summed E-state index contributed by atoms with van der Waals surface area (Å²) in [5.74, 6) is -0.412. The molecule has 0 saturated heterocycles. The van der Waals surface area contributed by atoms with Gasteiger partial charge in [0.1, 0.15) is 0 Å². The van der Waals surface area contributed by atoms with Gasteiger partial charge in [-0.1, -0.05) is 124 Å². The van der Waals surface area contributed by atoms with Crippen molar-refractivity contribution >= 4 is 0 Å². The van der Waals surface area contributed by atoms with Gasteiger partial charge in [0.05, 0.1) is 0 Å². The fourth-order valence-electron chi connectivity index (χ4n) is 5.62. The number of hydrogen-bond acceptors (Lipinski definition) is 2. The predicted molar refractivity (Wildman–Crippen MR) is 134 cm³/mol. The van der Waals surface area contributed by atoms with Gasteiger partial charge < -0.3 is 9.47 Å². The summed E-state index contributed by atoms with van der Waals surface area (Å²) in [5.41, 5.74) is 0.159. The van der Waals surface area contributed by atoms with Gasteiger partial charge in [0.2, 0.25) is 0 Å². The maximum atomic E-state index is 6.29. The molecule has 0 aliphatic heterocycles. The molecule has 2 heteroatoms. The molecule has 0 spiro atoms. The topological polar surface area (TPSA) is 18.5 Å². The van der Waals surface area contributed by atoms with E-state index in [1.54, 1.807) is 0 Å². The van der Waals surface area contributed by atoms with E-state index in [1.807, 2.05) is 14.2 Å². The fourth-order valence-corrected chi connectivity index (χ4v) is 5.62. The summed E-state index contributed by atoms with van der Waals surface area (Å²) in [5, 5.41) is 0. The minimum absolute atomic E-state index is 0.159. The molecule has 0 fully saturated rings. The highest BCUT2D eigenvalue weighted by Crippen LogP contribution is 2.50. The molecule has 0 aliphatic rings. The van der Waals surface area contributed by atoms with Gasteiger partial charge in [-0.3, -0.25) is 0 Å². The van der Waals surface area contributed by atoms with Crippen LogP contribution < -0.4 is 0 Å². The summed E-state index contributed by atoms with van der Waals surface area (Å²) in [4.78, 5) is 0. The van der Waals surface area contributed by atoms with Crippen LogP contribution in [0.3, 0.4) is 0 Å². The van der Waals surface area contributed by atoms with Gasteiger partial charge in [0.15, 0.2) is 5.79 Å². The summed E-state index contributed by atoms with van der Waals surface area (Å²) in [6, 6.07) is 0. The molecule has 0 N–H and O–H groups in total. The molecule has 0 rings (SSSR count). The summed E-state index contributed by atoms with van der Waals surface area (Å²) < 4.78 is 12.6. The van der Waals surface area contributed by atoms with Crippen molar-refractivity contribution in [2.75, 3.05) is 14.2 Å². The number of methoxy groups -OCH3 is 2. The molecule has 0 unspecified atom stereocenters. The van der Waals surface area contributed by atoms with Crippen molar-refractivity contribution in [3.8, 4) is 0 Å². The molecule has 0 saturated carbocycles. The van der Waals surface area contributed by atoms with Crippen molar-refractivity contribution in [3.05, 3.63) is 0 Å². The second kappa shape index (κ2) is 19.6. The number of ether oxygens (including phenoxy) is 2. The van der Waals surface area contributed by atoms with Crippen LogP contribution in [-0.2, 0) is 9.47 Å². The summed E-state index contributed by atoms with van der Waals surface area (Å²) >= 11 is 0. The lowest BCUT2D eigenvalue weighted by molar-refractivity contribution is -0.288. The van der Waals surface area contributed by atoms with Gasteiger partial charge >= 0.3 is 0 Å². The Morgan fingerprint density at radius 1 is 0.400 bits per heavy atom. The highest BCUT2D eigenvalue weighted by molar-refractivity contribution is 4.94. The van der Waals surface area contributed by atoms with Crippen LogP contribution in [0, 0.1) is 5.41 Å². The van der Waals surface area contributed by atoms with Crippen LogP contribution in [0.15, 0.2) is 0 Å². The van der Waals surface area contributed by atoms with E-state index in [-0.39, 0.29) is 5.41 Å². The Kier molecular flexibility index (Phi) is 19.5. The first-order chi connectivity index (χ1) is 14.6. The smallest absolute Gasteiger partial charge is 0.173 e. The molecular formula is C28H58O2. The van der Waals surface area contributed by atoms with E-state index in [2.05, 4.69) is 27.7 Å². The molecule has 0 atom stereocenters. The van der Waals surface area contributed by atoms with E-state index >= 15 is 0 Å². The van der Waals surface area contributed by atoms with Gasteiger partial charge in [0, 0.05) is 26.1 Å². The minimum Gasteiger partial charge on any atom is -0.353 e. The van der Waals surface area contributed by atoms with Crippen LogP contribution in [0.4, 0.5) is 0 Å². The van der Waals surface area contributed by atoms with Crippen molar-refractivity contribution in [3.63, 3.8) is 0 Å². The second-order valence-corrected chi connectivity index (χ2v) is 9.68. The van der Waals surface area contributed by atoms with Crippen LogP contribution in [0.1, 0.15) is 156 Å². The van der Waals surface area contributed by atoms with Crippen molar-refractivity contribution in [2.45, 2.75) is 162 Å². The first kappa shape index (κ1) is 29.9. The number of rotatable bonds is 23. The van der Waals surface area contributed by atoms with Gasteiger partial charge in [0.25, 0.3) is 0 Å². The Morgan fingerprint density at radius 3 is 1.13 bits per heavy atom. The monoisotopic (exact) mass is 426 g/mol. The van der Waals surface area contributed by atoms with Crippen LogP contribution in [0.2, 0.25) is 0 Å². The van der Waals surface area contributed by atoms with E-state index in [0.29, 0.717) is 0 Å². The lowest BCUT2D eigenvalue weighted by atomic mass is 9.67. The van der Waals surface area contributed by atoms with Crippen molar-refractivity contribution in [1.82, 2.24) is 0 Å². The summed E-state index contributed by atoms with van der Waals surface area (Å²) in [7, 11) is 3.80. The molecular weight excluding hydrogens is 368 g/mol. The SMILES string of the molecule is CCCCCCCCCCC(OC)(OC)C(CCC)(CCC)CCCCCCCC. The van der Waals surface area contributed by atoms with Crippen LogP contribution in [0.5, 0.6) is 0 Å². The highest BCUT2D eigenvalue weighted by atomic mass is 16.7. The summed E-state index contributed by atoms with van der Waals surface area (Å²) in [6.07, 6.45) is 26.1. The largest absolute Gasteiger partial charge is 0.353 e. The van der Waals surface area contributed by atoms with E-state index in [9.17, 15) is 0 Å². The van der Waals surface area contributed by atoms with E-state index in [1.165, 1.54) is 122 Å². The van der Waals surface area contributed by atoms with Gasteiger partial charge in [-0.2, -0.15) is 0 Å². The fraction of sp³-hybridized carbons (Fsp3) is 1.00. The molecule has 0 aromatic rings. The van der Waals surface area contributed by atoms with Crippen molar-refractivity contribution < 1.29 is 9.47 Å². The van der Waals surface area contributed by atoms with Crippen molar-refractivity contribution in [2.24, 2.45) is 5.41 Å². The van der Waals surface area contributed by atoms with E-state index in [4.69, 9.17) is 9.47 Å². The van der Waals surface area contributed by atoms with E-state index < -0.39 is 5.79 Å². The third-order valence-corrected chi connectivity index (χ3v) is 7.29. The van der Waals surface area contributed by atoms with Crippen molar-refractivity contribution in [1.29, 1.82) is 0 Å². The average Bonchev–Trinajstić information content (AvgIpc) is 2.75. The van der Waals surface area contributed by atoms with Gasteiger partial charge in [-0.15, -0.1) is 0 Å². The van der Waals surface area contributed by atoms with Gasteiger partial charge in [-0.25, -0.2) is 0 Å². The zero-order chi connectivity index (χ0) is 22.6. The van der Waals surface area contributed by atoms with Crippen LogP contribution >= 0.6 is 0 Å². The molecule has 30 heavy (non-hydrogen) atoms. The Morgan fingerprint density at radius 2 is 0.767 bits per heavy atom. The maximum Gasteiger partial charge on any atom is 0.173 e. The Hall–Kier alpha value is -0.0800. The van der Waals surface area contributed by atoms with E-state index in [0.717, 1.165) is 6.42 Å². The first-order valence-electron chi connectivity index (χ1n) is 13.7. The molecule has 0 aromatic carbocycles. The highest BCUT2D eigenvalue weighted by Gasteiger charge is 2.50.